The van der Waals surface area contributed by atoms with Crippen molar-refractivity contribution < 1.29 is 8.42 Å². The molecule has 38 heavy (non-hydrogen) atoms. The number of likely N-dealkylation sites (tertiary alicyclic amines) is 1. The highest BCUT2D eigenvalue weighted by molar-refractivity contribution is 7.92. The van der Waals surface area contributed by atoms with Crippen LogP contribution in [0.3, 0.4) is 0 Å². The van der Waals surface area contributed by atoms with Crippen LogP contribution < -0.4 is 10.2 Å². The highest BCUT2D eigenvalue weighted by atomic mass is 32.2. The summed E-state index contributed by atoms with van der Waals surface area (Å²) >= 11 is 1.51. The van der Waals surface area contributed by atoms with Crippen LogP contribution in [0.1, 0.15) is 31.9 Å². The van der Waals surface area contributed by atoms with Gasteiger partial charge >= 0.3 is 0 Å². The molecular formula is C27H29N7O2S2. The summed E-state index contributed by atoms with van der Waals surface area (Å²) in [6, 6.07) is 12.0. The van der Waals surface area contributed by atoms with Gasteiger partial charge in [-0.2, -0.15) is 4.98 Å². The van der Waals surface area contributed by atoms with Crippen molar-refractivity contribution in [1.29, 1.82) is 0 Å². The van der Waals surface area contributed by atoms with E-state index < -0.39 is 9.84 Å². The van der Waals surface area contributed by atoms with Gasteiger partial charge in [-0.15, -0.1) is 11.3 Å². The molecule has 2 aliphatic heterocycles. The average molecular weight is 548 g/mol. The molecule has 5 heterocycles. The minimum atomic E-state index is -3.25. The number of thiazole rings is 1. The summed E-state index contributed by atoms with van der Waals surface area (Å²) in [5.41, 5.74) is 2.52. The van der Waals surface area contributed by atoms with Gasteiger partial charge in [0.25, 0.3) is 0 Å². The number of fused-ring (bicyclic) bond motifs is 3. The Hall–Kier alpha value is -3.15. The molecular weight excluding hydrogens is 518 g/mol. The van der Waals surface area contributed by atoms with Crippen LogP contribution in [-0.2, 0) is 9.84 Å². The lowest BCUT2D eigenvalue weighted by molar-refractivity contribution is 0.250. The maximum Gasteiger partial charge on any atom is 0.227 e. The molecule has 0 unspecified atom stereocenters. The first-order valence-electron chi connectivity index (χ1n) is 13.1. The van der Waals surface area contributed by atoms with E-state index in [4.69, 9.17) is 15.0 Å². The summed E-state index contributed by atoms with van der Waals surface area (Å²) in [6.45, 7) is 7.34. The monoisotopic (exact) mass is 547 g/mol. The molecule has 1 aliphatic carbocycles. The third-order valence-electron chi connectivity index (χ3n) is 7.76. The second-order valence-electron chi connectivity index (χ2n) is 10.4. The zero-order valence-corrected chi connectivity index (χ0v) is 23.0. The smallest absolute Gasteiger partial charge is 0.227 e. The van der Waals surface area contributed by atoms with Crippen LogP contribution in [0, 0.1) is 6.92 Å². The van der Waals surface area contributed by atoms with Gasteiger partial charge in [0.15, 0.2) is 9.84 Å². The lowest BCUT2D eigenvalue weighted by atomic mass is 10.2. The second-order valence-corrected chi connectivity index (χ2v) is 13.7. The predicted octanol–water partition coefficient (Wildman–Crippen LogP) is 4.42. The van der Waals surface area contributed by atoms with E-state index >= 15 is 0 Å². The molecule has 1 aromatic carbocycles. The Morgan fingerprint density at radius 2 is 1.92 bits per heavy atom. The number of aryl methyl sites for hydroxylation is 1. The first-order chi connectivity index (χ1) is 18.4. The van der Waals surface area contributed by atoms with Gasteiger partial charge in [-0.25, -0.2) is 23.4 Å². The quantitative estimate of drug-likeness (QED) is 0.360. The number of sulfone groups is 1. The van der Waals surface area contributed by atoms with E-state index in [0.717, 1.165) is 64.9 Å². The number of rotatable bonds is 7. The van der Waals surface area contributed by atoms with E-state index in [1.54, 1.807) is 24.4 Å². The van der Waals surface area contributed by atoms with E-state index in [1.165, 1.54) is 17.8 Å². The highest BCUT2D eigenvalue weighted by Gasteiger charge is 2.43. The van der Waals surface area contributed by atoms with E-state index in [0.29, 0.717) is 28.6 Å². The first-order valence-corrected chi connectivity index (χ1v) is 15.5. The van der Waals surface area contributed by atoms with Gasteiger partial charge in [-0.3, -0.25) is 4.90 Å². The van der Waals surface area contributed by atoms with Crippen molar-refractivity contribution in [2.45, 2.75) is 55.3 Å². The fourth-order valence-electron chi connectivity index (χ4n) is 5.66. The molecule has 3 aliphatic rings. The lowest BCUT2D eigenvalue weighted by Gasteiger charge is -2.33. The van der Waals surface area contributed by atoms with E-state index in [-0.39, 0.29) is 5.25 Å². The zero-order chi connectivity index (χ0) is 26.0. The van der Waals surface area contributed by atoms with Crippen molar-refractivity contribution >= 4 is 49.0 Å². The number of likely N-dealkylation sites (N-methyl/N-ethyl adjacent to an activating group) is 1. The predicted molar refractivity (Wildman–Crippen MR) is 150 cm³/mol. The first kappa shape index (κ1) is 23.9. The summed E-state index contributed by atoms with van der Waals surface area (Å²) in [5.74, 6) is 2.14. The Balaban J connectivity index is 1.13. The molecule has 1 N–H and O–H groups in total. The van der Waals surface area contributed by atoms with Crippen LogP contribution in [-0.4, -0.2) is 70.2 Å². The Labute approximate surface area is 225 Å². The summed E-state index contributed by atoms with van der Waals surface area (Å²) in [5, 5.41) is 3.89. The number of benzene rings is 1. The van der Waals surface area contributed by atoms with Gasteiger partial charge in [0.1, 0.15) is 16.6 Å². The minimum Gasteiger partial charge on any atom is -0.335 e. The van der Waals surface area contributed by atoms with Gasteiger partial charge in [0.2, 0.25) is 5.95 Å². The van der Waals surface area contributed by atoms with Crippen LogP contribution in [0.15, 0.2) is 47.5 Å². The third-order valence-corrected chi connectivity index (χ3v) is 11.1. The molecule has 2 saturated heterocycles. The van der Waals surface area contributed by atoms with Crippen LogP contribution in [0.4, 0.5) is 17.6 Å². The minimum absolute atomic E-state index is 0.233. The van der Waals surface area contributed by atoms with Crippen molar-refractivity contribution in [2.24, 2.45) is 0 Å². The van der Waals surface area contributed by atoms with Crippen LogP contribution >= 0.6 is 11.3 Å². The summed E-state index contributed by atoms with van der Waals surface area (Å²) in [4.78, 5) is 24.2. The van der Waals surface area contributed by atoms with Crippen molar-refractivity contribution in [3.05, 3.63) is 48.3 Å². The molecule has 4 aromatic rings. The van der Waals surface area contributed by atoms with Crippen LogP contribution in [0.5, 0.6) is 0 Å². The lowest BCUT2D eigenvalue weighted by Crippen LogP contribution is -2.46. The molecule has 3 fully saturated rings. The molecule has 0 radical (unpaired) electrons. The van der Waals surface area contributed by atoms with Gasteiger partial charge in [0, 0.05) is 54.8 Å². The summed E-state index contributed by atoms with van der Waals surface area (Å²) in [7, 11) is -3.25. The molecule has 11 heteroatoms. The number of nitrogens with one attached hydrogen (secondary N) is 1. The standard InChI is InChI=1S/C27H29N7O2S2/c1-3-33-14-19-11-18(33)15-34(19)27-29-16(2)9-25(32-27)31-24-12-22-23(13-28-24)37-26(30-22)17-5-4-6-21(10-17)38(35,36)20-7-8-20/h4-6,9-10,12-13,18-20H,3,7-8,11,14-15H2,1-2H3,(H,28,29,31,32)/t18-,19-/m0/s1. The van der Waals surface area contributed by atoms with Gasteiger partial charge in [-0.1, -0.05) is 19.1 Å². The number of hydrogen-bond donors (Lipinski definition) is 1. The fourth-order valence-corrected chi connectivity index (χ4v) is 8.27. The maximum absolute atomic E-state index is 12.7. The number of nitrogens with zero attached hydrogens (tertiary/aromatic N) is 6. The number of hydrogen-bond acceptors (Lipinski definition) is 10. The van der Waals surface area contributed by atoms with Crippen molar-refractivity contribution in [3.63, 3.8) is 0 Å². The molecule has 1 saturated carbocycles. The van der Waals surface area contributed by atoms with Crippen LogP contribution in [0.25, 0.3) is 20.8 Å². The van der Waals surface area contributed by atoms with Gasteiger partial charge < -0.3 is 10.2 Å². The third kappa shape index (κ3) is 4.22. The topological polar surface area (TPSA) is 104 Å². The molecule has 9 nitrogen and oxygen atoms in total. The van der Waals surface area contributed by atoms with Crippen LogP contribution in [0.2, 0.25) is 0 Å². The van der Waals surface area contributed by atoms with Gasteiger partial charge in [-0.05, 0) is 44.9 Å². The van der Waals surface area contributed by atoms with E-state index in [1.807, 2.05) is 25.1 Å². The summed E-state index contributed by atoms with van der Waals surface area (Å²) < 4.78 is 26.4. The molecule has 0 spiro atoms. The van der Waals surface area contributed by atoms with E-state index in [9.17, 15) is 8.42 Å². The Morgan fingerprint density at radius 1 is 1.05 bits per heavy atom. The SMILES string of the molecule is CCN1C[C@@H]2C[C@H]1CN2c1nc(C)cc(Nc2cc3nc(-c4cccc(S(=O)(=O)C5CC5)c4)sc3cn2)n1. The average Bonchev–Trinajstić information content (AvgIpc) is 3.40. The molecule has 0 amide bonds. The van der Waals surface area contributed by atoms with Crippen molar-refractivity contribution in [3.8, 4) is 10.6 Å². The van der Waals surface area contributed by atoms with Crippen molar-refractivity contribution in [2.75, 3.05) is 29.9 Å². The Bertz CT molecular complexity index is 1650. The second kappa shape index (κ2) is 8.96. The zero-order valence-electron chi connectivity index (χ0n) is 21.3. The normalized spacial score (nSPS) is 21.5. The number of piperazine rings is 1. The number of pyridine rings is 1. The summed E-state index contributed by atoms with van der Waals surface area (Å²) in [6.07, 6.45) is 4.48. The molecule has 196 valence electrons. The maximum atomic E-state index is 12.7. The van der Waals surface area contributed by atoms with E-state index in [2.05, 4.69) is 27.0 Å². The largest absolute Gasteiger partial charge is 0.335 e. The highest BCUT2D eigenvalue weighted by Crippen LogP contribution is 2.37. The number of aromatic nitrogens is 4. The van der Waals surface area contributed by atoms with Gasteiger partial charge in [0.05, 0.1) is 20.4 Å². The molecule has 7 rings (SSSR count). The fraction of sp³-hybridized carbons (Fsp3) is 0.407. The molecule has 2 atom stereocenters. The number of anilines is 3. The van der Waals surface area contributed by atoms with Crippen molar-refractivity contribution in [1.82, 2.24) is 24.8 Å². The molecule has 3 aromatic heterocycles. The molecule has 2 bridgehead atoms. The Kier molecular flexibility index (Phi) is 5.64. The Morgan fingerprint density at radius 3 is 2.68 bits per heavy atom.